The molecule has 6 nitrogen and oxygen atoms in total. The number of hydrogen-bond donors (Lipinski definition) is 2. The van der Waals surface area contributed by atoms with Crippen LogP contribution in [0.2, 0.25) is 0 Å². The van der Waals surface area contributed by atoms with Gasteiger partial charge < -0.3 is 20.3 Å². The second-order valence-corrected chi connectivity index (χ2v) is 6.54. The Morgan fingerprint density at radius 3 is 2.54 bits per heavy atom. The van der Waals surface area contributed by atoms with Gasteiger partial charge in [0.1, 0.15) is 11.4 Å². The van der Waals surface area contributed by atoms with Crippen LogP contribution in [0.1, 0.15) is 33.3 Å². The van der Waals surface area contributed by atoms with E-state index in [1.54, 1.807) is 18.0 Å². The fourth-order valence-corrected chi connectivity index (χ4v) is 2.07. The van der Waals surface area contributed by atoms with Gasteiger partial charge in [-0.25, -0.2) is 9.18 Å². The fourth-order valence-electron chi connectivity index (χ4n) is 2.07. The maximum absolute atomic E-state index is 13.2. The quantitative estimate of drug-likeness (QED) is 0.373. The third-order valence-corrected chi connectivity index (χ3v) is 3.28. The molecule has 0 spiro atoms. The number of aliphatic imine (C=N–C) groups is 1. The first kappa shape index (κ1) is 24.4. The van der Waals surface area contributed by atoms with Crippen LogP contribution >= 0.6 is 24.0 Å². The third-order valence-electron chi connectivity index (χ3n) is 3.28. The van der Waals surface area contributed by atoms with Crippen LogP contribution in [0.4, 0.5) is 9.18 Å². The molecule has 0 atom stereocenters. The van der Waals surface area contributed by atoms with Crippen molar-refractivity contribution in [1.82, 2.24) is 15.5 Å². The summed E-state index contributed by atoms with van der Waals surface area (Å²) in [5.41, 5.74) is 0.312. The minimum Gasteiger partial charge on any atom is -0.444 e. The molecule has 0 aliphatic rings. The summed E-state index contributed by atoms with van der Waals surface area (Å²) < 4.78 is 18.5. The van der Waals surface area contributed by atoms with E-state index in [1.807, 2.05) is 33.8 Å². The van der Waals surface area contributed by atoms with Gasteiger partial charge in [0.05, 0.1) is 0 Å². The van der Waals surface area contributed by atoms with Gasteiger partial charge in [-0.05, 0) is 45.4 Å². The number of ether oxygens (including phenoxy) is 1. The van der Waals surface area contributed by atoms with Crippen molar-refractivity contribution in [2.75, 3.05) is 26.7 Å². The Morgan fingerprint density at radius 1 is 1.31 bits per heavy atom. The number of amides is 1. The Hall–Kier alpha value is -1.58. The molecule has 0 saturated heterocycles. The number of likely N-dealkylation sites (N-methyl/N-ethyl adjacent to an activating group) is 1. The monoisotopic (exact) mass is 480 g/mol. The van der Waals surface area contributed by atoms with Crippen molar-refractivity contribution in [2.45, 2.75) is 39.8 Å². The normalized spacial score (nSPS) is 11.4. The van der Waals surface area contributed by atoms with Crippen LogP contribution in [0, 0.1) is 5.82 Å². The minimum atomic E-state index is -0.513. The number of nitrogens with one attached hydrogen (secondary N) is 2. The van der Waals surface area contributed by atoms with Crippen LogP contribution in [-0.4, -0.2) is 49.2 Å². The standard InChI is InChI=1S/C18H29FN4O2.HI/c1-6-23(17(24)25-18(2,3)4)11-10-21-16(20-5)22-13-14-8-7-9-15(19)12-14;/h7-9,12H,6,10-11,13H2,1-5H3,(H2,20,21,22);1H. The zero-order valence-electron chi connectivity index (χ0n) is 16.1. The van der Waals surface area contributed by atoms with Gasteiger partial charge in [-0.15, -0.1) is 24.0 Å². The van der Waals surface area contributed by atoms with Crippen molar-refractivity contribution in [3.63, 3.8) is 0 Å². The van der Waals surface area contributed by atoms with Gasteiger partial charge in [-0.2, -0.15) is 0 Å². The average molecular weight is 480 g/mol. The Kier molecular flexibility index (Phi) is 11.2. The highest BCUT2D eigenvalue weighted by Crippen LogP contribution is 2.09. The number of benzene rings is 1. The maximum Gasteiger partial charge on any atom is 0.410 e. The molecular formula is C18H30FIN4O2. The number of hydrogen-bond acceptors (Lipinski definition) is 3. The SMILES string of the molecule is CCN(CCNC(=NC)NCc1cccc(F)c1)C(=O)OC(C)(C)C.I. The zero-order chi connectivity index (χ0) is 18.9. The lowest BCUT2D eigenvalue weighted by Gasteiger charge is -2.26. The summed E-state index contributed by atoms with van der Waals surface area (Å²) in [5.74, 6) is 0.322. The van der Waals surface area contributed by atoms with Crippen LogP contribution in [0.15, 0.2) is 29.3 Å². The van der Waals surface area contributed by atoms with Crippen LogP contribution in [0.3, 0.4) is 0 Å². The molecule has 0 aliphatic carbocycles. The van der Waals surface area contributed by atoms with Crippen molar-refractivity contribution in [3.05, 3.63) is 35.6 Å². The van der Waals surface area contributed by atoms with E-state index >= 15 is 0 Å². The van der Waals surface area contributed by atoms with E-state index in [9.17, 15) is 9.18 Å². The summed E-state index contributed by atoms with van der Waals surface area (Å²) in [6.07, 6.45) is -0.334. The number of guanidine groups is 1. The molecule has 0 heterocycles. The lowest BCUT2D eigenvalue weighted by Crippen LogP contribution is -2.44. The summed E-state index contributed by atoms with van der Waals surface area (Å²) in [7, 11) is 1.66. The topological polar surface area (TPSA) is 66.0 Å². The summed E-state index contributed by atoms with van der Waals surface area (Å²) in [6, 6.07) is 6.39. The Morgan fingerprint density at radius 2 is 2.00 bits per heavy atom. The van der Waals surface area contributed by atoms with Crippen LogP contribution in [0.25, 0.3) is 0 Å². The van der Waals surface area contributed by atoms with Crippen molar-refractivity contribution in [3.8, 4) is 0 Å². The molecule has 2 N–H and O–H groups in total. The molecule has 0 fully saturated rings. The highest BCUT2D eigenvalue weighted by atomic mass is 127. The molecule has 1 aromatic carbocycles. The number of halogens is 2. The predicted molar refractivity (Wildman–Crippen MR) is 113 cm³/mol. The number of nitrogens with zero attached hydrogens (tertiary/aromatic N) is 2. The van der Waals surface area contributed by atoms with E-state index in [2.05, 4.69) is 15.6 Å². The van der Waals surface area contributed by atoms with E-state index in [0.29, 0.717) is 32.1 Å². The molecule has 1 rings (SSSR count). The molecule has 1 amide bonds. The van der Waals surface area contributed by atoms with E-state index in [0.717, 1.165) is 5.56 Å². The number of carbonyl (C=O) groups excluding carboxylic acids is 1. The molecular weight excluding hydrogens is 450 g/mol. The third kappa shape index (κ3) is 9.79. The molecule has 1 aromatic rings. The molecule has 0 bridgehead atoms. The van der Waals surface area contributed by atoms with Crippen molar-refractivity contribution in [2.24, 2.45) is 4.99 Å². The smallest absolute Gasteiger partial charge is 0.410 e. The summed E-state index contributed by atoms with van der Waals surface area (Å²) in [6.45, 7) is 9.47. The van der Waals surface area contributed by atoms with Crippen LogP contribution < -0.4 is 10.6 Å². The molecule has 0 aromatic heterocycles. The summed E-state index contributed by atoms with van der Waals surface area (Å²) in [5, 5.41) is 6.24. The number of carbonyl (C=O) groups is 1. The highest BCUT2D eigenvalue weighted by molar-refractivity contribution is 14.0. The van der Waals surface area contributed by atoms with Gasteiger partial charge in [0.2, 0.25) is 0 Å². The van der Waals surface area contributed by atoms with Gasteiger partial charge in [0.15, 0.2) is 5.96 Å². The van der Waals surface area contributed by atoms with Gasteiger partial charge in [-0.3, -0.25) is 4.99 Å². The van der Waals surface area contributed by atoms with Gasteiger partial charge in [0, 0.05) is 33.2 Å². The van der Waals surface area contributed by atoms with Crippen molar-refractivity contribution < 1.29 is 13.9 Å². The molecule has 0 saturated carbocycles. The number of rotatable bonds is 6. The fraction of sp³-hybridized carbons (Fsp3) is 0.556. The predicted octanol–water partition coefficient (Wildman–Crippen LogP) is 3.37. The van der Waals surface area contributed by atoms with Crippen molar-refractivity contribution in [1.29, 1.82) is 0 Å². The largest absolute Gasteiger partial charge is 0.444 e. The first-order valence-electron chi connectivity index (χ1n) is 8.42. The Balaban J connectivity index is 0.00000625. The van der Waals surface area contributed by atoms with Gasteiger partial charge in [0.25, 0.3) is 0 Å². The Labute approximate surface area is 172 Å². The van der Waals surface area contributed by atoms with E-state index in [4.69, 9.17) is 4.74 Å². The molecule has 26 heavy (non-hydrogen) atoms. The first-order chi connectivity index (χ1) is 11.7. The van der Waals surface area contributed by atoms with E-state index < -0.39 is 5.60 Å². The lowest BCUT2D eigenvalue weighted by molar-refractivity contribution is 0.0264. The van der Waals surface area contributed by atoms with Gasteiger partial charge in [-0.1, -0.05) is 12.1 Å². The molecule has 8 heteroatoms. The second kappa shape index (κ2) is 11.9. The molecule has 148 valence electrons. The van der Waals surface area contributed by atoms with Crippen LogP contribution in [-0.2, 0) is 11.3 Å². The zero-order valence-corrected chi connectivity index (χ0v) is 18.5. The van der Waals surface area contributed by atoms with Crippen LogP contribution in [0.5, 0.6) is 0 Å². The molecule has 0 unspecified atom stereocenters. The first-order valence-corrected chi connectivity index (χ1v) is 8.42. The highest BCUT2D eigenvalue weighted by Gasteiger charge is 2.20. The second-order valence-electron chi connectivity index (χ2n) is 6.54. The Bertz CT molecular complexity index is 591. The van der Waals surface area contributed by atoms with E-state index in [1.165, 1.54) is 12.1 Å². The molecule has 0 aliphatic heterocycles. The summed E-state index contributed by atoms with van der Waals surface area (Å²) >= 11 is 0. The van der Waals surface area contributed by atoms with Crippen molar-refractivity contribution >= 4 is 36.0 Å². The summed E-state index contributed by atoms with van der Waals surface area (Å²) in [4.78, 5) is 17.8. The molecule has 0 radical (unpaired) electrons. The maximum atomic E-state index is 13.2. The van der Waals surface area contributed by atoms with E-state index in [-0.39, 0.29) is 35.9 Å². The average Bonchev–Trinajstić information content (AvgIpc) is 2.52. The minimum absolute atomic E-state index is 0. The van der Waals surface area contributed by atoms with Gasteiger partial charge >= 0.3 is 6.09 Å². The lowest BCUT2D eigenvalue weighted by atomic mass is 10.2.